The summed E-state index contributed by atoms with van der Waals surface area (Å²) < 4.78 is 12.3. The normalized spacial score (nSPS) is 10.3. The predicted octanol–water partition coefficient (Wildman–Crippen LogP) is 3.73. The van der Waals surface area contributed by atoms with E-state index in [1.165, 1.54) is 0 Å². The van der Waals surface area contributed by atoms with Gasteiger partial charge in [-0.05, 0) is 47.5 Å². The maximum atomic E-state index is 10.7. The number of ether oxygens (including phenoxy) is 2. The Bertz CT molecular complexity index is 725. The van der Waals surface area contributed by atoms with Gasteiger partial charge in [0.2, 0.25) is 0 Å². The number of aliphatic carboxylic acids is 2. The molecule has 8 heteroatoms. The van der Waals surface area contributed by atoms with Crippen LogP contribution in [0.5, 0.6) is 11.5 Å². The topological polar surface area (TPSA) is 93.1 Å². The molecule has 0 aliphatic heterocycles. The Morgan fingerprint density at radius 2 is 1.20 bits per heavy atom. The van der Waals surface area contributed by atoms with Crippen molar-refractivity contribution in [2.75, 3.05) is 13.2 Å². The van der Waals surface area contributed by atoms with Crippen molar-refractivity contribution in [1.82, 2.24) is 0 Å². The number of halogens is 2. The third-order valence-corrected chi connectivity index (χ3v) is 4.11. The van der Waals surface area contributed by atoms with Crippen molar-refractivity contribution < 1.29 is 29.3 Å². The zero-order chi connectivity index (χ0) is 18.4. The highest BCUT2D eigenvalue weighted by atomic mass is 79.9. The third-order valence-electron chi connectivity index (χ3n) is 3.13. The van der Waals surface area contributed by atoms with Crippen LogP contribution in [-0.2, 0) is 16.0 Å². The Kier molecular flexibility index (Phi) is 6.83. The minimum atomic E-state index is -1.07. The van der Waals surface area contributed by atoms with Crippen LogP contribution in [0.2, 0.25) is 0 Å². The van der Waals surface area contributed by atoms with Gasteiger partial charge in [-0.2, -0.15) is 0 Å². The summed E-state index contributed by atoms with van der Waals surface area (Å²) in [7, 11) is 0. The van der Waals surface area contributed by atoms with Crippen LogP contribution in [-0.4, -0.2) is 35.4 Å². The molecule has 0 bridgehead atoms. The van der Waals surface area contributed by atoms with E-state index in [4.69, 9.17) is 19.7 Å². The van der Waals surface area contributed by atoms with Gasteiger partial charge < -0.3 is 19.7 Å². The van der Waals surface area contributed by atoms with E-state index in [1.54, 1.807) is 24.3 Å². The minimum absolute atomic E-state index is 0.378. The molecule has 2 N–H and O–H groups in total. The van der Waals surface area contributed by atoms with Crippen molar-refractivity contribution >= 4 is 43.8 Å². The van der Waals surface area contributed by atoms with E-state index in [0.717, 1.165) is 20.1 Å². The second-order valence-electron chi connectivity index (χ2n) is 5.05. The van der Waals surface area contributed by atoms with Crippen LogP contribution < -0.4 is 9.47 Å². The highest BCUT2D eigenvalue weighted by Crippen LogP contribution is 2.31. The lowest BCUT2D eigenvalue weighted by Crippen LogP contribution is -2.12. The number of benzene rings is 2. The molecule has 0 fully saturated rings. The molecule has 25 heavy (non-hydrogen) atoms. The van der Waals surface area contributed by atoms with Gasteiger partial charge in [-0.3, -0.25) is 0 Å². The number of hydrogen-bond acceptors (Lipinski definition) is 4. The van der Waals surface area contributed by atoms with E-state index in [1.807, 2.05) is 12.1 Å². The third kappa shape index (κ3) is 6.06. The molecule has 0 aliphatic carbocycles. The van der Waals surface area contributed by atoms with Crippen LogP contribution in [0.3, 0.4) is 0 Å². The highest BCUT2D eigenvalue weighted by molar-refractivity contribution is 9.10. The summed E-state index contributed by atoms with van der Waals surface area (Å²) >= 11 is 6.76. The molecule has 0 saturated carbocycles. The molecule has 0 amide bonds. The molecular formula is C17H14Br2O6. The average molecular weight is 474 g/mol. The maximum absolute atomic E-state index is 10.7. The zero-order valence-corrected chi connectivity index (χ0v) is 16.0. The monoisotopic (exact) mass is 472 g/mol. The van der Waals surface area contributed by atoms with Crippen LogP contribution in [0.25, 0.3) is 0 Å². The Labute approximate surface area is 160 Å². The van der Waals surface area contributed by atoms with Gasteiger partial charge in [-0.1, -0.05) is 31.9 Å². The molecule has 0 heterocycles. The molecule has 2 aromatic rings. The van der Waals surface area contributed by atoms with Gasteiger partial charge in [-0.15, -0.1) is 0 Å². The van der Waals surface area contributed by atoms with Gasteiger partial charge in [0.15, 0.2) is 13.2 Å². The summed E-state index contributed by atoms with van der Waals surface area (Å²) in [6.45, 7) is -0.898. The second-order valence-corrected chi connectivity index (χ2v) is 6.88. The highest BCUT2D eigenvalue weighted by Gasteiger charge is 2.12. The van der Waals surface area contributed by atoms with E-state index in [0.29, 0.717) is 17.9 Å². The average Bonchev–Trinajstić information content (AvgIpc) is 2.53. The fourth-order valence-corrected chi connectivity index (χ4v) is 2.96. The van der Waals surface area contributed by atoms with Gasteiger partial charge in [0.1, 0.15) is 11.5 Å². The first-order chi connectivity index (χ1) is 11.8. The quantitative estimate of drug-likeness (QED) is 0.606. The lowest BCUT2D eigenvalue weighted by Gasteiger charge is -2.14. The van der Waals surface area contributed by atoms with Crippen molar-refractivity contribution in [1.29, 1.82) is 0 Å². The molecular weight excluding hydrogens is 460 g/mol. The van der Waals surface area contributed by atoms with Crippen LogP contribution in [0.4, 0.5) is 0 Å². The van der Waals surface area contributed by atoms with Crippen LogP contribution in [0.15, 0.2) is 45.3 Å². The first kappa shape index (κ1) is 19.3. The fourth-order valence-electron chi connectivity index (χ4n) is 2.14. The molecule has 6 nitrogen and oxygen atoms in total. The number of hydrogen-bond donors (Lipinski definition) is 2. The van der Waals surface area contributed by atoms with Crippen molar-refractivity contribution in [3.05, 3.63) is 56.5 Å². The lowest BCUT2D eigenvalue weighted by molar-refractivity contribution is -0.140. The second kappa shape index (κ2) is 8.87. The van der Waals surface area contributed by atoms with Gasteiger partial charge in [0.25, 0.3) is 0 Å². The van der Waals surface area contributed by atoms with Crippen molar-refractivity contribution in [3.63, 3.8) is 0 Å². The lowest BCUT2D eigenvalue weighted by atomic mass is 10.0. The maximum Gasteiger partial charge on any atom is 0.341 e. The molecule has 0 spiro atoms. The molecule has 2 aromatic carbocycles. The first-order valence-corrected chi connectivity index (χ1v) is 8.70. The van der Waals surface area contributed by atoms with Gasteiger partial charge in [0.05, 0.1) is 0 Å². The van der Waals surface area contributed by atoms with E-state index in [9.17, 15) is 9.59 Å². The Hall–Kier alpha value is -2.06. The van der Waals surface area contributed by atoms with Gasteiger partial charge >= 0.3 is 11.9 Å². The van der Waals surface area contributed by atoms with E-state index < -0.39 is 25.2 Å². The Balaban J connectivity index is 2.31. The number of rotatable bonds is 8. The fraction of sp³-hybridized carbons (Fsp3) is 0.176. The molecule has 2 rings (SSSR count). The van der Waals surface area contributed by atoms with Crippen molar-refractivity contribution in [2.24, 2.45) is 0 Å². The standard InChI is InChI=1S/C17H14Br2O6/c18-12-1-3-14(24-8-16(20)21)10(6-12)5-11-7-13(19)2-4-15(11)25-9-17(22)23/h1-4,6-7H,5,8-9H2,(H,20,21)(H,22,23). The minimum Gasteiger partial charge on any atom is -0.482 e. The summed E-state index contributed by atoms with van der Waals surface area (Å²) in [5.41, 5.74) is 1.49. The molecule has 0 atom stereocenters. The first-order valence-electron chi connectivity index (χ1n) is 7.11. The number of carboxylic acids is 2. The van der Waals surface area contributed by atoms with Gasteiger partial charge in [0, 0.05) is 15.4 Å². The van der Waals surface area contributed by atoms with Gasteiger partial charge in [-0.25, -0.2) is 9.59 Å². The number of carbonyl (C=O) groups is 2. The summed E-state index contributed by atoms with van der Waals surface area (Å²) in [6.07, 6.45) is 0.378. The number of carboxylic acid groups (broad SMARTS) is 2. The molecule has 0 aromatic heterocycles. The Morgan fingerprint density at radius 1 is 0.800 bits per heavy atom. The van der Waals surface area contributed by atoms with E-state index in [-0.39, 0.29) is 0 Å². The molecule has 132 valence electrons. The summed E-state index contributed by atoms with van der Waals surface area (Å²) in [5.74, 6) is -1.26. The summed E-state index contributed by atoms with van der Waals surface area (Å²) in [6, 6.07) is 10.5. The van der Waals surface area contributed by atoms with E-state index in [2.05, 4.69) is 31.9 Å². The van der Waals surface area contributed by atoms with Crippen LogP contribution in [0, 0.1) is 0 Å². The summed E-state index contributed by atoms with van der Waals surface area (Å²) in [5, 5.41) is 17.6. The smallest absolute Gasteiger partial charge is 0.341 e. The molecule has 0 unspecified atom stereocenters. The van der Waals surface area contributed by atoms with Crippen LogP contribution >= 0.6 is 31.9 Å². The molecule has 0 aliphatic rings. The van der Waals surface area contributed by atoms with E-state index >= 15 is 0 Å². The van der Waals surface area contributed by atoms with Crippen molar-refractivity contribution in [3.8, 4) is 11.5 Å². The summed E-state index contributed by atoms with van der Waals surface area (Å²) in [4.78, 5) is 21.5. The Morgan fingerprint density at radius 3 is 1.56 bits per heavy atom. The molecule has 0 radical (unpaired) electrons. The predicted molar refractivity (Wildman–Crippen MR) is 97.4 cm³/mol. The van der Waals surface area contributed by atoms with Crippen LogP contribution in [0.1, 0.15) is 11.1 Å². The van der Waals surface area contributed by atoms with Crippen molar-refractivity contribution in [2.45, 2.75) is 6.42 Å². The zero-order valence-electron chi connectivity index (χ0n) is 12.9. The SMILES string of the molecule is O=C(O)COc1ccc(Br)cc1Cc1cc(Br)ccc1OCC(=O)O. The molecule has 0 saturated heterocycles. The largest absolute Gasteiger partial charge is 0.482 e.